The van der Waals surface area contributed by atoms with Crippen LogP contribution in [-0.2, 0) is 22.5 Å². The predicted molar refractivity (Wildman–Crippen MR) is 117 cm³/mol. The van der Waals surface area contributed by atoms with Crippen LogP contribution in [0.15, 0.2) is 6.07 Å². The molecule has 1 aromatic rings. The van der Waals surface area contributed by atoms with Gasteiger partial charge in [-0.15, -0.1) is 0 Å². The van der Waals surface area contributed by atoms with Gasteiger partial charge in [0.1, 0.15) is 29.7 Å². The molecule has 2 fully saturated rings. The second kappa shape index (κ2) is 7.28. The summed E-state index contributed by atoms with van der Waals surface area (Å²) in [6, 6.07) is 1.79. The van der Waals surface area contributed by atoms with E-state index in [1.165, 1.54) is 6.92 Å². The molecule has 0 saturated heterocycles. The number of carbonyl (C=O) groups is 1. The van der Waals surface area contributed by atoms with E-state index >= 15 is 0 Å². The molecule has 1 aromatic carbocycles. The molecule has 176 valence electrons. The molecule has 2 saturated carbocycles. The van der Waals surface area contributed by atoms with E-state index in [0.29, 0.717) is 18.3 Å². The quantitative estimate of drug-likeness (QED) is 0.474. The van der Waals surface area contributed by atoms with Crippen LogP contribution in [0.2, 0.25) is 0 Å². The number of carbonyl (C=O) groups excluding carboxylic acids is 1. The Hall–Kier alpha value is -1.95. The van der Waals surface area contributed by atoms with E-state index in [2.05, 4.69) is 32.7 Å². The Morgan fingerprint density at radius 2 is 1.97 bits per heavy atom. The fraction of sp³-hybridized carbons (Fsp3) is 0.680. The molecule has 4 N–H and O–H groups in total. The van der Waals surface area contributed by atoms with Crippen molar-refractivity contribution in [3.63, 3.8) is 0 Å². The molecule has 0 aromatic heterocycles. The Bertz CT molecular complexity index is 1010. The topological polar surface area (TPSA) is 95.8 Å². The van der Waals surface area contributed by atoms with E-state index < -0.39 is 0 Å². The summed E-state index contributed by atoms with van der Waals surface area (Å²) < 4.78 is 13.0. The molecule has 0 unspecified atom stereocenters. The first-order valence-electron chi connectivity index (χ1n) is 11.6. The Balaban J connectivity index is 0.00000245. The van der Waals surface area contributed by atoms with Crippen LogP contribution < -0.4 is 27.9 Å². The zero-order chi connectivity index (χ0) is 22.3. The van der Waals surface area contributed by atoms with Crippen molar-refractivity contribution < 1.29 is 36.8 Å². The van der Waals surface area contributed by atoms with E-state index in [4.69, 9.17) is 15.2 Å². The number of fused-ring (bicyclic) bond motifs is 3. The second-order valence-electron chi connectivity index (χ2n) is 11.1. The van der Waals surface area contributed by atoms with Crippen molar-refractivity contribution in [3.8, 4) is 11.5 Å². The summed E-state index contributed by atoms with van der Waals surface area (Å²) in [6.07, 6.45) is 4.46. The minimum atomic E-state index is -0.364. The van der Waals surface area contributed by atoms with Gasteiger partial charge >= 0.3 is 5.97 Å². The number of hydrogen-bond acceptors (Lipinski definition) is 5. The van der Waals surface area contributed by atoms with Crippen LogP contribution in [0.5, 0.6) is 11.5 Å². The lowest BCUT2D eigenvalue weighted by atomic mass is 9.43. The van der Waals surface area contributed by atoms with E-state index in [1.807, 2.05) is 0 Å². The van der Waals surface area contributed by atoms with Gasteiger partial charge in [0.05, 0.1) is 11.1 Å². The van der Waals surface area contributed by atoms with E-state index in [-0.39, 0.29) is 52.6 Å². The third-order valence-electron chi connectivity index (χ3n) is 9.36. The van der Waals surface area contributed by atoms with Gasteiger partial charge in [-0.25, -0.2) is 0 Å². The van der Waals surface area contributed by atoms with Crippen LogP contribution in [0.1, 0.15) is 77.0 Å². The number of halogens is 1. The average Bonchev–Trinajstić information content (AvgIpc) is 3.05. The van der Waals surface area contributed by atoms with E-state index in [9.17, 15) is 9.90 Å². The van der Waals surface area contributed by atoms with Gasteiger partial charge in [0.2, 0.25) is 0 Å². The lowest BCUT2D eigenvalue weighted by Gasteiger charge is -2.67. The summed E-state index contributed by atoms with van der Waals surface area (Å²) in [6.45, 7) is 11.3. The van der Waals surface area contributed by atoms with Crippen LogP contribution in [0.3, 0.4) is 0 Å². The zero-order valence-electron chi connectivity index (χ0n) is 19.7. The van der Waals surface area contributed by atoms with Crippen molar-refractivity contribution in [2.45, 2.75) is 85.0 Å². The average molecular weight is 463 g/mol. The molecule has 2 aliphatic heterocycles. The summed E-state index contributed by atoms with van der Waals surface area (Å²) in [4.78, 5) is 15.0. The zero-order valence-corrected chi connectivity index (χ0v) is 20.4. The first-order valence-corrected chi connectivity index (χ1v) is 11.6. The van der Waals surface area contributed by atoms with Crippen molar-refractivity contribution in [1.29, 1.82) is 0 Å². The Labute approximate surface area is 196 Å². The number of nitrogen functional groups attached to an aromatic ring is 1. The number of rotatable bonds is 1. The van der Waals surface area contributed by atoms with Crippen molar-refractivity contribution in [2.24, 2.45) is 28.4 Å². The minimum Gasteiger partial charge on any atom is -1.00 e. The van der Waals surface area contributed by atoms with Crippen molar-refractivity contribution in [2.75, 3.05) is 0 Å². The first-order chi connectivity index (χ1) is 14.5. The van der Waals surface area contributed by atoms with E-state index in [0.717, 1.165) is 54.5 Å². The van der Waals surface area contributed by atoms with Gasteiger partial charge in [-0.1, -0.05) is 27.7 Å². The molecular formula is C25H35ClN2O4. The SMILES string of the molecule is CC(=O)O[C@H]1CC[C@@]23Oc4c(c(O)cc5c4C[NH+]=C5N)C[C@]2(C)[C@@H](C)CC[C@H]3C1(C)C.[Cl-]. The molecular weight excluding hydrogens is 428 g/mol. The maximum absolute atomic E-state index is 11.8. The van der Waals surface area contributed by atoms with Gasteiger partial charge < -0.3 is 27.0 Å². The number of hydrogen-bond donors (Lipinski definition) is 3. The summed E-state index contributed by atoms with van der Waals surface area (Å²) in [5, 5.41) is 10.9. The van der Waals surface area contributed by atoms with Gasteiger partial charge in [0, 0.05) is 29.2 Å². The van der Waals surface area contributed by atoms with Crippen LogP contribution >= 0.6 is 0 Å². The second-order valence-corrected chi connectivity index (χ2v) is 11.1. The molecule has 5 rings (SSSR count). The van der Waals surface area contributed by atoms with Gasteiger partial charge in [0.25, 0.3) is 5.84 Å². The fourth-order valence-corrected chi connectivity index (χ4v) is 7.40. The Morgan fingerprint density at radius 1 is 1.25 bits per heavy atom. The highest BCUT2D eigenvalue weighted by Crippen LogP contribution is 2.67. The highest BCUT2D eigenvalue weighted by Gasteiger charge is 2.68. The summed E-state index contributed by atoms with van der Waals surface area (Å²) >= 11 is 0. The first kappa shape index (κ1) is 23.2. The van der Waals surface area contributed by atoms with Gasteiger partial charge in [-0.3, -0.25) is 15.5 Å². The highest BCUT2D eigenvalue weighted by atomic mass is 35.5. The van der Waals surface area contributed by atoms with Gasteiger partial charge in [-0.05, 0) is 44.1 Å². The number of nitrogens with two attached hydrogens (primary N) is 1. The van der Waals surface area contributed by atoms with Crippen LogP contribution in [0.4, 0.5) is 0 Å². The lowest BCUT2D eigenvalue weighted by Crippen LogP contribution is -3.00. The minimum absolute atomic E-state index is 0. The largest absolute Gasteiger partial charge is 1.00 e. The molecule has 0 radical (unpaired) electrons. The molecule has 32 heavy (non-hydrogen) atoms. The van der Waals surface area contributed by atoms with Crippen molar-refractivity contribution in [3.05, 3.63) is 22.8 Å². The molecule has 1 spiro atoms. The molecule has 0 amide bonds. The molecule has 7 heteroatoms. The molecule has 0 bridgehead atoms. The summed E-state index contributed by atoms with van der Waals surface area (Å²) in [5.41, 5.74) is 8.29. The maximum atomic E-state index is 11.8. The third-order valence-corrected chi connectivity index (χ3v) is 9.36. The highest BCUT2D eigenvalue weighted by molar-refractivity contribution is 5.97. The monoisotopic (exact) mass is 462 g/mol. The van der Waals surface area contributed by atoms with Crippen molar-refractivity contribution >= 4 is 11.8 Å². The Kier molecular flexibility index (Phi) is 5.28. The van der Waals surface area contributed by atoms with Crippen molar-refractivity contribution in [1.82, 2.24) is 0 Å². The summed E-state index contributed by atoms with van der Waals surface area (Å²) in [5.74, 6) is 2.19. The molecule has 6 nitrogen and oxygen atoms in total. The molecule has 2 aliphatic carbocycles. The van der Waals surface area contributed by atoms with Crippen LogP contribution in [0.25, 0.3) is 0 Å². The van der Waals surface area contributed by atoms with Gasteiger partial charge in [0.15, 0.2) is 0 Å². The number of amidine groups is 1. The van der Waals surface area contributed by atoms with E-state index in [1.54, 1.807) is 6.07 Å². The van der Waals surface area contributed by atoms with Gasteiger partial charge in [-0.2, -0.15) is 0 Å². The fourth-order valence-electron chi connectivity index (χ4n) is 7.40. The summed E-state index contributed by atoms with van der Waals surface area (Å²) in [7, 11) is 0. The maximum Gasteiger partial charge on any atom is 0.302 e. The van der Waals surface area contributed by atoms with Crippen LogP contribution in [0, 0.1) is 22.7 Å². The smallest absolute Gasteiger partial charge is 0.302 e. The number of ether oxygens (including phenoxy) is 2. The lowest BCUT2D eigenvalue weighted by molar-refractivity contribution is -0.470. The number of nitrogens with one attached hydrogen (secondary N) is 1. The number of aromatic hydroxyl groups is 1. The number of esters is 1. The standard InChI is InChI=1S/C25H34N2O4.ClH/c1-13-6-7-19-23(3,4)20(30-14(2)28)8-9-25(19)24(13,5)11-16-18(29)10-15-17(21(16)31-25)12-27-22(15)26;/h10,13,19-20,29H,6-9,11-12H2,1-5H3,(H2,26,27);1H/t13-,19-,20-,24+,25-;/m0./s1. The molecule has 4 aliphatic rings. The molecule has 2 heterocycles. The predicted octanol–water partition coefficient (Wildman–Crippen LogP) is -0.826. The number of phenols is 1. The number of phenolic OH excluding ortho intramolecular Hbond substituents is 1. The third kappa shape index (κ3) is 2.84. The van der Waals surface area contributed by atoms with Crippen LogP contribution in [-0.4, -0.2) is 28.6 Å². The Morgan fingerprint density at radius 3 is 2.66 bits per heavy atom. The normalized spacial score (nSPS) is 36.3. The number of benzene rings is 1. The molecule has 5 atom stereocenters.